The van der Waals surface area contributed by atoms with Gasteiger partial charge in [-0.2, -0.15) is 5.10 Å². The highest BCUT2D eigenvalue weighted by Gasteiger charge is 2.07. The fourth-order valence-corrected chi connectivity index (χ4v) is 2.07. The third kappa shape index (κ3) is 2.68. The number of hydrogen-bond acceptors (Lipinski definition) is 2. The SMILES string of the molecule is CCC(NC)c1cccc(-n2cc(Cl)cn2)c1. The quantitative estimate of drug-likeness (QED) is 0.902. The average molecular weight is 250 g/mol. The van der Waals surface area contributed by atoms with E-state index in [2.05, 4.69) is 29.5 Å². The standard InChI is InChI=1S/C13H16ClN3/c1-3-13(15-2)10-5-4-6-12(7-10)17-9-11(14)8-16-17/h4-9,13,15H,3H2,1-2H3. The van der Waals surface area contributed by atoms with Crippen molar-refractivity contribution in [3.05, 3.63) is 47.2 Å². The first-order chi connectivity index (χ1) is 8.24. The van der Waals surface area contributed by atoms with Crippen LogP contribution < -0.4 is 5.32 Å². The first kappa shape index (κ1) is 12.1. The Morgan fingerprint density at radius 3 is 2.88 bits per heavy atom. The number of hydrogen-bond donors (Lipinski definition) is 1. The zero-order chi connectivity index (χ0) is 12.3. The Balaban J connectivity index is 2.34. The third-order valence-electron chi connectivity index (χ3n) is 2.84. The van der Waals surface area contributed by atoms with Crippen LogP contribution in [-0.4, -0.2) is 16.8 Å². The molecule has 0 spiro atoms. The molecule has 2 aromatic rings. The molecule has 1 atom stereocenters. The van der Waals surface area contributed by atoms with Gasteiger partial charge in [-0.05, 0) is 31.2 Å². The van der Waals surface area contributed by atoms with Crippen molar-refractivity contribution in [3.63, 3.8) is 0 Å². The zero-order valence-electron chi connectivity index (χ0n) is 10.0. The van der Waals surface area contributed by atoms with Crippen LogP contribution in [0.4, 0.5) is 0 Å². The van der Waals surface area contributed by atoms with Gasteiger partial charge in [-0.25, -0.2) is 4.68 Å². The predicted octanol–water partition coefficient (Wildman–Crippen LogP) is 3.20. The second kappa shape index (κ2) is 5.34. The molecule has 0 saturated carbocycles. The third-order valence-corrected chi connectivity index (χ3v) is 3.04. The summed E-state index contributed by atoms with van der Waals surface area (Å²) < 4.78 is 1.79. The van der Waals surface area contributed by atoms with E-state index in [-0.39, 0.29) is 0 Å². The maximum atomic E-state index is 5.87. The fraction of sp³-hybridized carbons (Fsp3) is 0.308. The molecule has 0 aliphatic rings. The minimum Gasteiger partial charge on any atom is -0.313 e. The molecule has 0 aliphatic heterocycles. The maximum absolute atomic E-state index is 5.87. The van der Waals surface area contributed by atoms with Gasteiger partial charge in [0.1, 0.15) is 0 Å². The molecule has 0 amide bonds. The van der Waals surface area contributed by atoms with Gasteiger partial charge in [0, 0.05) is 12.2 Å². The highest BCUT2D eigenvalue weighted by atomic mass is 35.5. The number of halogens is 1. The molecule has 3 nitrogen and oxygen atoms in total. The summed E-state index contributed by atoms with van der Waals surface area (Å²) in [7, 11) is 1.98. The Morgan fingerprint density at radius 1 is 1.47 bits per heavy atom. The number of benzene rings is 1. The van der Waals surface area contributed by atoms with E-state index in [0.717, 1.165) is 12.1 Å². The lowest BCUT2D eigenvalue weighted by Crippen LogP contribution is -2.15. The summed E-state index contributed by atoms with van der Waals surface area (Å²) >= 11 is 5.87. The molecule has 1 N–H and O–H groups in total. The second-order valence-corrected chi connectivity index (χ2v) is 4.38. The lowest BCUT2D eigenvalue weighted by atomic mass is 10.0. The highest BCUT2D eigenvalue weighted by molar-refractivity contribution is 6.30. The van der Waals surface area contributed by atoms with Crippen LogP contribution >= 0.6 is 11.6 Å². The van der Waals surface area contributed by atoms with E-state index in [4.69, 9.17) is 11.6 Å². The van der Waals surface area contributed by atoms with Crippen LogP contribution in [0, 0.1) is 0 Å². The van der Waals surface area contributed by atoms with Gasteiger partial charge in [0.05, 0.1) is 16.9 Å². The summed E-state index contributed by atoms with van der Waals surface area (Å²) in [6.45, 7) is 2.17. The Kier molecular flexibility index (Phi) is 3.82. The molecule has 0 saturated heterocycles. The molecule has 1 unspecified atom stereocenters. The van der Waals surface area contributed by atoms with Crippen LogP contribution in [0.1, 0.15) is 24.9 Å². The van der Waals surface area contributed by atoms with Crippen LogP contribution in [0.5, 0.6) is 0 Å². The van der Waals surface area contributed by atoms with Gasteiger partial charge in [0.25, 0.3) is 0 Å². The van der Waals surface area contributed by atoms with Crippen molar-refractivity contribution in [2.45, 2.75) is 19.4 Å². The monoisotopic (exact) mass is 249 g/mol. The topological polar surface area (TPSA) is 29.9 Å². The molecular weight excluding hydrogens is 234 g/mol. The van der Waals surface area contributed by atoms with E-state index in [1.165, 1.54) is 5.56 Å². The van der Waals surface area contributed by atoms with Gasteiger partial charge >= 0.3 is 0 Å². The molecule has 0 aliphatic carbocycles. The van der Waals surface area contributed by atoms with Crippen LogP contribution in [-0.2, 0) is 0 Å². The minimum absolute atomic E-state index is 0.376. The van der Waals surface area contributed by atoms with Gasteiger partial charge < -0.3 is 5.32 Å². The molecule has 1 aromatic heterocycles. The lowest BCUT2D eigenvalue weighted by Gasteiger charge is -2.15. The summed E-state index contributed by atoms with van der Waals surface area (Å²) in [4.78, 5) is 0. The van der Waals surface area contributed by atoms with Crippen LogP contribution in [0.2, 0.25) is 5.02 Å². The predicted molar refractivity (Wildman–Crippen MR) is 70.7 cm³/mol. The van der Waals surface area contributed by atoms with Crippen molar-refractivity contribution >= 4 is 11.6 Å². The van der Waals surface area contributed by atoms with E-state index in [9.17, 15) is 0 Å². The van der Waals surface area contributed by atoms with Crippen molar-refractivity contribution in [1.82, 2.24) is 15.1 Å². The van der Waals surface area contributed by atoms with Crippen molar-refractivity contribution in [2.24, 2.45) is 0 Å². The second-order valence-electron chi connectivity index (χ2n) is 3.95. The smallest absolute Gasteiger partial charge is 0.0790 e. The Morgan fingerprint density at radius 2 is 2.29 bits per heavy atom. The molecule has 1 aromatic carbocycles. The van der Waals surface area contributed by atoms with Crippen molar-refractivity contribution in [3.8, 4) is 5.69 Å². The number of nitrogens with zero attached hydrogens (tertiary/aromatic N) is 2. The molecule has 90 valence electrons. The molecular formula is C13H16ClN3. The summed E-state index contributed by atoms with van der Waals surface area (Å²) in [5.74, 6) is 0. The van der Waals surface area contributed by atoms with Crippen molar-refractivity contribution in [2.75, 3.05) is 7.05 Å². The van der Waals surface area contributed by atoms with E-state index in [0.29, 0.717) is 11.1 Å². The molecule has 1 heterocycles. The lowest BCUT2D eigenvalue weighted by molar-refractivity contribution is 0.576. The van der Waals surface area contributed by atoms with Crippen LogP contribution in [0.25, 0.3) is 5.69 Å². The summed E-state index contributed by atoms with van der Waals surface area (Å²) in [5.41, 5.74) is 2.29. The molecule has 4 heteroatoms. The van der Waals surface area contributed by atoms with E-state index < -0.39 is 0 Å². The van der Waals surface area contributed by atoms with Crippen LogP contribution in [0.15, 0.2) is 36.7 Å². The normalized spacial score (nSPS) is 12.6. The number of rotatable bonds is 4. The Bertz CT molecular complexity index is 489. The zero-order valence-corrected chi connectivity index (χ0v) is 10.8. The minimum atomic E-state index is 0.376. The highest BCUT2D eigenvalue weighted by Crippen LogP contribution is 2.19. The maximum Gasteiger partial charge on any atom is 0.0790 e. The molecule has 0 bridgehead atoms. The van der Waals surface area contributed by atoms with Gasteiger partial charge in [0.15, 0.2) is 0 Å². The average Bonchev–Trinajstić information content (AvgIpc) is 2.78. The van der Waals surface area contributed by atoms with E-state index in [1.807, 2.05) is 19.2 Å². The van der Waals surface area contributed by atoms with E-state index in [1.54, 1.807) is 17.1 Å². The largest absolute Gasteiger partial charge is 0.313 e. The Hall–Kier alpha value is -1.32. The van der Waals surface area contributed by atoms with Gasteiger partial charge in [-0.3, -0.25) is 0 Å². The van der Waals surface area contributed by atoms with Gasteiger partial charge in [-0.15, -0.1) is 0 Å². The first-order valence-electron chi connectivity index (χ1n) is 5.72. The number of nitrogens with one attached hydrogen (secondary N) is 1. The van der Waals surface area contributed by atoms with Gasteiger partial charge in [-0.1, -0.05) is 30.7 Å². The molecule has 17 heavy (non-hydrogen) atoms. The summed E-state index contributed by atoms with van der Waals surface area (Å²) in [6, 6.07) is 8.70. The number of aromatic nitrogens is 2. The van der Waals surface area contributed by atoms with E-state index >= 15 is 0 Å². The van der Waals surface area contributed by atoms with Crippen LogP contribution in [0.3, 0.4) is 0 Å². The summed E-state index contributed by atoms with van der Waals surface area (Å²) in [6.07, 6.45) is 4.50. The first-order valence-corrected chi connectivity index (χ1v) is 6.10. The van der Waals surface area contributed by atoms with Crippen molar-refractivity contribution < 1.29 is 0 Å². The molecule has 0 fully saturated rings. The van der Waals surface area contributed by atoms with Crippen molar-refractivity contribution in [1.29, 1.82) is 0 Å². The Labute approximate surface area is 106 Å². The van der Waals surface area contributed by atoms with Gasteiger partial charge in [0.2, 0.25) is 0 Å². The summed E-state index contributed by atoms with van der Waals surface area (Å²) in [5, 5.41) is 8.15. The fourth-order valence-electron chi connectivity index (χ4n) is 1.93. The molecule has 2 rings (SSSR count). The molecule has 0 radical (unpaired) electrons.